The molecule has 2 heterocycles. The van der Waals surface area contributed by atoms with Gasteiger partial charge in [-0.3, -0.25) is 4.79 Å². The zero-order valence-electron chi connectivity index (χ0n) is 18.0. The van der Waals surface area contributed by atoms with E-state index < -0.39 is 0 Å². The average molecular weight is 422 g/mol. The SMILES string of the molecule is CCCCc1nc2ccn(Cc3ccc(C#N)cc3)c(=O)c2n1Cc1ccc(C#N)cc1. The first-order valence-corrected chi connectivity index (χ1v) is 10.7. The number of aryl methyl sites for hydroxylation is 1. The Morgan fingerprint density at radius 2 is 1.47 bits per heavy atom. The van der Waals surface area contributed by atoms with Crippen molar-refractivity contribution in [2.45, 2.75) is 39.3 Å². The first-order chi connectivity index (χ1) is 15.6. The van der Waals surface area contributed by atoms with Gasteiger partial charge in [0.1, 0.15) is 11.3 Å². The van der Waals surface area contributed by atoms with Crippen molar-refractivity contribution in [2.24, 2.45) is 0 Å². The molecule has 0 aliphatic heterocycles. The van der Waals surface area contributed by atoms with Crippen LogP contribution < -0.4 is 5.56 Å². The highest BCUT2D eigenvalue weighted by Crippen LogP contribution is 2.18. The van der Waals surface area contributed by atoms with Crippen LogP contribution in [-0.2, 0) is 19.5 Å². The summed E-state index contributed by atoms with van der Waals surface area (Å²) >= 11 is 0. The van der Waals surface area contributed by atoms with E-state index in [1.807, 2.05) is 34.9 Å². The molecule has 4 aromatic rings. The lowest BCUT2D eigenvalue weighted by Gasteiger charge is -2.11. The van der Waals surface area contributed by atoms with Crippen LogP contribution in [0.1, 0.15) is 47.8 Å². The molecule has 2 aromatic carbocycles. The summed E-state index contributed by atoms with van der Waals surface area (Å²) in [6, 6.07) is 20.8. The maximum Gasteiger partial charge on any atom is 0.277 e. The zero-order valence-corrected chi connectivity index (χ0v) is 18.0. The predicted octanol–water partition coefficient (Wildman–Crippen LogP) is 4.38. The second-order valence-corrected chi connectivity index (χ2v) is 7.82. The molecular weight excluding hydrogens is 398 g/mol. The summed E-state index contributed by atoms with van der Waals surface area (Å²) < 4.78 is 3.70. The summed E-state index contributed by atoms with van der Waals surface area (Å²) in [7, 11) is 0. The van der Waals surface area contributed by atoms with Gasteiger partial charge in [0, 0.05) is 19.2 Å². The van der Waals surface area contributed by atoms with E-state index in [-0.39, 0.29) is 5.56 Å². The van der Waals surface area contributed by atoms with Gasteiger partial charge in [0.25, 0.3) is 5.56 Å². The van der Waals surface area contributed by atoms with Gasteiger partial charge in [0.15, 0.2) is 0 Å². The van der Waals surface area contributed by atoms with Crippen LogP contribution in [0.25, 0.3) is 11.0 Å². The monoisotopic (exact) mass is 421 g/mol. The number of pyridine rings is 1. The molecule has 6 heteroatoms. The molecule has 0 atom stereocenters. The van der Waals surface area contributed by atoms with Crippen molar-refractivity contribution < 1.29 is 0 Å². The number of imidazole rings is 1. The summed E-state index contributed by atoms with van der Waals surface area (Å²) in [5, 5.41) is 18.1. The number of hydrogen-bond donors (Lipinski definition) is 0. The molecule has 6 nitrogen and oxygen atoms in total. The molecular formula is C26H23N5O. The minimum absolute atomic E-state index is 0.0873. The summed E-state index contributed by atoms with van der Waals surface area (Å²) in [6.07, 6.45) is 4.63. The van der Waals surface area contributed by atoms with Crippen molar-refractivity contribution in [3.63, 3.8) is 0 Å². The fourth-order valence-electron chi connectivity index (χ4n) is 3.79. The van der Waals surface area contributed by atoms with E-state index in [0.29, 0.717) is 35.2 Å². The number of aromatic nitrogens is 3. The van der Waals surface area contributed by atoms with Crippen molar-refractivity contribution >= 4 is 11.0 Å². The molecule has 32 heavy (non-hydrogen) atoms. The van der Waals surface area contributed by atoms with E-state index in [2.05, 4.69) is 19.1 Å². The van der Waals surface area contributed by atoms with Crippen LogP contribution in [0, 0.1) is 22.7 Å². The largest absolute Gasteiger partial charge is 0.319 e. The Labute approximate surface area is 186 Å². The molecule has 0 spiro atoms. The number of hydrogen-bond acceptors (Lipinski definition) is 4. The van der Waals surface area contributed by atoms with Crippen molar-refractivity contribution in [3.05, 3.63) is 99.2 Å². The Hall–Kier alpha value is -4.16. The van der Waals surface area contributed by atoms with Gasteiger partial charge in [-0.05, 0) is 47.9 Å². The third kappa shape index (κ3) is 4.31. The van der Waals surface area contributed by atoms with Crippen LogP contribution in [0.2, 0.25) is 0 Å². The molecule has 0 saturated carbocycles. The molecule has 158 valence electrons. The molecule has 0 N–H and O–H groups in total. The van der Waals surface area contributed by atoms with E-state index in [1.165, 1.54) is 0 Å². The van der Waals surface area contributed by atoms with Gasteiger partial charge in [-0.1, -0.05) is 37.6 Å². The van der Waals surface area contributed by atoms with Gasteiger partial charge in [0.05, 0.1) is 35.3 Å². The van der Waals surface area contributed by atoms with E-state index in [9.17, 15) is 4.79 Å². The maximum absolute atomic E-state index is 13.5. The number of rotatable bonds is 7. The summed E-state index contributed by atoms with van der Waals surface area (Å²) in [6.45, 7) is 3.09. The minimum atomic E-state index is -0.0873. The summed E-state index contributed by atoms with van der Waals surface area (Å²) in [4.78, 5) is 18.2. The van der Waals surface area contributed by atoms with Crippen LogP contribution in [0.5, 0.6) is 0 Å². The van der Waals surface area contributed by atoms with Gasteiger partial charge >= 0.3 is 0 Å². The van der Waals surface area contributed by atoms with Gasteiger partial charge in [-0.2, -0.15) is 10.5 Å². The molecule has 0 saturated heterocycles. The Balaban J connectivity index is 1.76. The number of unbranched alkanes of at least 4 members (excludes halogenated alkanes) is 1. The normalized spacial score (nSPS) is 10.7. The van der Waals surface area contributed by atoms with E-state index in [4.69, 9.17) is 15.5 Å². The second-order valence-electron chi connectivity index (χ2n) is 7.82. The van der Waals surface area contributed by atoms with E-state index >= 15 is 0 Å². The molecule has 0 aliphatic carbocycles. The lowest BCUT2D eigenvalue weighted by Crippen LogP contribution is -2.22. The van der Waals surface area contributed by atoms with Crippen molar-refractivity contribution in [3.8, 4) is 12.1 Å². The van der Waals surface area contributed by atoms with Crippen LogP contribution in [-0.4, -0.2) is 14.1 Å². The van der Waals surface area contributed by atoms with Gasteiger partial charge in [-0.15, -0.1) is 0 Å². The fraction of sp³-hybridized carbons (Fsp3) is 0.231. The minimum Gasteiger partial charge on any atom is -0.319 e. The maximum atomic E-state index is 13.5. The number of nitriles is 2. The first kappa shape index (κ1) is 21.1. The summed E-state index contributed by atoms with van der Waals surface area (Å²) in [5.41, 5.74) is 4.38. The predicted molar refractivity (Wildman–Crippen MR) is 123 cm³/mol. The molecule has 2 aromatic heterocycles. The molecule has 0 aliphatic rings. The molecule has 0 amide bonds. The van der Waals surface area contributed by atoms with E-state index in [0.717, 1.165) is 36.2 Å². The zero-order chi connectivity index (χ0) is 22.5. The van der Waals surface area contributed by atoms with Crippen LogP contribution in [0.4, 0.5) is 0 Å². The molecule has 0 radical (unpaired) electrons. The molecule has 0 bridgehead atoms. The van der Waals surface area contributed by atoms with Crippen LogP contribution in [0.3, 0.4) is 0 Å². The van der Waals surface area contributed by atoms with E-state index in [1.54, 1.807) is 35.0 Å². The van der Waals surface area contributed by atoms with Crippen molar-refractivity contribution in [2.75, 3.05) is 0 Å². The second kappa shape index (κ2) is 9.32. The number of nitrogens with zero attached hydrogens (tertiary/aromatic N) is 5. The van der Waals surface area contributed by atoms with Crippen LogP contribution in [0.15, 0.2) is 65.6 Å². The van der Waals surface area contributed by atoms with Gasteiger partial charge < -0.3 is 9.13 Å². The Bertz CT molecular complexity index is 1380. The van der Waals surface area contributed by atoms with Gasteiger partial charge in [-0.25, -0.2) is 4.98 Å². The number of fused-ring (bicyclic) bond motifs is 1. The average Bonchev–Trinajstić information content (AvgIpc) is 3.18. The highest BCUT2D eigenvalue weighted by atomic mass is 16.1. The summed E-state index contributed by atoms with van der Waals surface area (Å²) in [5.74, 6) is 0.902. The smallest absolute Gasteiger partial charge is 0.277 e. The molecule has 4 rings (SSSR count). The van der Waals surface area contributed by atoms with Crippen LogP contribution >= 0.6 is 0 Å². The third-order valence-corrected chi connectivity index (χ3v) is 5.56. The lowest BCUT2D eigenvalue weighted by atomic mass is 10.1. The third-order valence-electron chi connectivity index (χ3n) is 5.56. The molecule has 0 unspecified atom stereocenters. The molecule has 0 fully saturated rings. The number of benzene rings is 2. The Morgan fingerprint density at radius 1 is 0.875 bits per heavy atom. The topological polar surface area (TPSA) is 87.4 Å². The highest BCUT2D eigenvalue weighted by molar-refractivity contribution is 5.75. The lowest BCUT2D eigenvalue weighted by molar-refractivity contribution is 0.684. The van der Waals surface area contributed by atoms with Crippen molar-refractivity contribution in [1.82, 2.24) is 14.1 Å². The van der Waals surface area contributed by atoms with Gasteiger partial charge in [0.2, 0.25) is 0 Å². The fourth-order valence-corrected chi connectivity index (χ4v) is 3.79. The Morgan fingerprint density at radius 3 is 2.03 bits per heavy atom. The standard InChI is InChI=1S/C26H23N5O/c1-2-3-4-24-29-23-13-14-30(17-21-9-5-19(15-27)6-10-21)26(32)25(23)31(24)18-22-11-7-20(16-28)8-12-22/h5-14H,2-4,17-18H2,1H3. The Kier molecular flexibility index (Phi) is 6.14. The van der Waals surface area contributed by atoms with Crippen molar-refractivity contribution in [1.29, 1.82) is 10.5 Å². The highest BCUT2D eigenvalue weighted by Gasteiger charge is 2.16. The quantitative estimate of drug-likeness (QED) is 0.443. The first-order valence-electron chi connectivity index (χ1n) is 10.7.